The molecule has 102 valence electrons. The predicted octanol–water partition coefficient (Wildman–Crippen LogP) is 3.79. The summed E-state index contributed by atoms with van der Waals surface area (Å²) in [5.41, 5.74) is 2.09. The summed E-state index contributed by atoms with van der Waals surface area (Å²) in [6.45, 7) is 2.00. The van der Waals surface area contributed by atoms with Crippen LogP contribution in [-0.4, -0.2) is 11.3 Å². The van der Waals surface area contributed by atoms with Gasteiger partial charge in [-0.2, -0.15) is 0 Å². The minimum Gasteiger partial charge on any atom is -0.360 e. The fraction of sp³-hybridized carbons (Fsp3) is 0.118. The summed E-state index contributed by atoms with van der Waals surface area (Å²) >= 11 is 0. The second-order valence-electron chi connectivity index (χ2n) is 4.47. The van der Waals surface area contributed by atoms with Crippen LogP contribution in [0.15, 0.2) is 73.1 Å². The summed E-state index contributed by atoms with van der Waals surface area (Å²) < 4.78 is 0. The number of hydrogen-bond donors (Lipinski definition) is 1. The van der Waals surface area contributed by atoms with Crippen LogP contribution in [0.1, 0.15) is 18.5 Å². The van der Waals surface area contributed by atoms with E-state index in [0.29, 0.717) is 0 Å². The summed E-state index contributed by atoms with van der Waals surface area (Å²) in [6.07, 6.45) is 4.35. The lowest BCUT2D eigenvalue weighted by molar-refractivity contribution is -0.117. The van der Waals surface area contributed by atoms with Crippen LogP contribution in [0.25, 0.3) is 0 Å². The third-order valence-corrected chi connectivity index (χ3v) is 3.12. The number of para-hydroxylation sites is 1. The molecule has 0 saturated heterocycles. The van der Waals surface area contributed by atoms with E-state index in [1.807, 2.05) is 67.6 Å². The Hall–Kier alpha value is -2.55. The Bertz CT molecular complexity index is 552. The average molecular weight is 266 g/mol. The van der Waals surface area contributed by atoms with Crippen LogP contribution in [0, 0.1) is 0 Å². The summed E-state index contributed by atoms with van der Waals surface area (Å²) in [4.78, 5) is 12.8. The van der Waals surface area contributed by atoms with Gasteiger partial charge in [0.05, 0.1) is 6.04 Å². The van der Waals surface area contributed by atoms with E-state index in [1.165, 1.54) is 0 Å². The number of amides is 1. The highest BCUT2D eigenvalue weighted by atomic mass is 16.1. The van der Waals surface area contributed by atoms with Gasteiger partial charge in [0.25, 0.3) is 0 Å². The first kappa shape index (κ1) is 13.9. The number of carbonyl (C=O) groups excluding carboxylic acids is 1. The molecule has 20 heavy (non-hydrogen) atoms. The van der Waals surface area contributed by atoms with Crippen LogP contribution in [-0.2, 0) is 4.79 Å². The smallest absolute Gasteiger partial charge is 0.214 e. The van der Waals surface area contributed by atoms with Gasteiger partial charge in [-0.1, -0.05) is 48.5 Å². The Balaban J connectivity index is 2.00. The summed E-state index contributed by atoms with van der Waals surface area (Å²) in [6, 6.07) is 19.8. The zero-order valence-corrected chi connectivity index (χ0v) is 11.4. The first-order chi connectivity index (χ1) is 9.81. The van der Waals surface area contributed by atoms with Crippen molar-refractivity contribution in [1.29, 1.82) is 0 Å². The number of benzene rings is 2. The van der Waals surface area contributed by atoms with E-state index in [4.69, 9.17) is 0 Å². The van der Waals surface area contributed by atoms with Gasteiger partial charge >= 0.3 is 0 Å². The number of rotatable bonds is 6. The maximum Gasteiger partial charge on any atom is 0.214 e. The highest BCUT2D eigenvalue weighted by molar-refractivity contribution is 5.51. The lowest BCUT2D eigenvalue weighted by atomic mass is 10.1. The molecule has 3 nitrogen and oxygen atoms in total. The molecule has 3 heteroatoms. The highest BCUT2D eigenvalue weighted by Gasteiger charge is 2.10. The molecule has 0 aromatic heterocycles. The summed E-state index contributed by atoms with van der Waals surface area (Å²) in [5.74, 6) is 0. The van der Waals surface area contributed by atoms with Crippen LogP contribution < -0.4 is 5.32 Å². The Labute approximate surface area is 119 Å². The van der Waals surface area contributed by atoms with Crippen molar-refractivity contribution in [3.8, 4) is 0 Å². The molecule has 1 atom stereocenters. The van der Waals surface area contributed by atoms with Crippen molar-refractivity contribution < 1.29 is 4.79 Å². The van der Waals surface area contributed by atoms with Crippen LogP contribution in [0.5, 0.6) is 0 Å². The Morgan fingerprint density at radius 2 is 1.60 bits per heavy atom. The topological polar surface area (TPSA) is 32.3 Å². The summed E-state index contributed by atoms with van der Waals surface area (Å²) in [7, 11) is 0. The maximum absolute atomic E-state index is 11.2. The fourth-order valence-corrected chi connectivity index (χ4v) is 1.91. The quantitative estimate of drug-likeness (QED) is 0.807. The van der Waals surface area contributed by atoms with Gasteiger partial charge in [-0.05, 0) is 24.6 Å². The number of nitrogens with zero attached hydrogens (tertiary/aromatic N) is 1. The van der Waals surface area contributed by atoms with E-state index in [0.717, 1.165) is 17.7 Å². The molecule has 1 N–H and O–H groups in total. The summed E-state index contributed by atoms with van der Waals surface area (Å²) in [5, 5.41) is 3.13. The van der Waals surface area contributed by atoms with E-state index in [1.54, 1.807) is 17.3 Å². The fourth-order valence-electron chi connectivity index (χ4n) is 1.91. The zero-order chi connectivity index (χ0) is 14.2. The molecule has 0 aliphatic heterocycles. The molecule has 1 unspecified atom stereocenters. The molecule has 0 radical (unpaired) electrons. The van der Waals surface area contributed by atoms with E-state index < -0.39 is 0 Å². The Morgan fingerprint density at radius 3 is 2.20 bits per heavy atom. The van der Waals surface area contributed by atoms with E-state index in [-0.39, 0.29) is 6.04 Å². The third kappa shape index (κ3) is 3.72. The van der Waals surface area contributed by atoms with Crippen molar-refractivity contribution in [2.75, 3.05) is 5.32 Å². The molecule has 0 aliphatic rings. The molecular weight excluding hydrogens is 248 g/mol. The zero-order valence-electron chi connectivity index (χ0n) is 11.4. The van der Waals surface area contributed by atoms with E-state index in [9.17, 15) is 4.79 Å². The monoisotopic (exact) mass is 266 g/mol. The van der Waals surface area contributed by atoms with Gasteiger partial charge in [0, 0.05) is 18.1 Å². The van der Waals surface area contributed by atoms with Gasteiger partial charge in [-0.3, -0.25) is 4.79 Å². The molecule has 0 fully saturated rings. The van der Waals surface area contributed by atoms with Crippen molar-refractivity contribution in [1.82, 2.24) is 4.90 Å². The van der Waals surface area contributed by atoms with Crippen molar-refractivity contribution in [2.24, 2.45) is 0 Å². The van der Waals surface area contributed by atoms with Gasteiger partial charge in [0.2, 0.25) is 6.41 Å². The SMILES string of the molecule is CC(c1ccccc1)N(C=O)C=CNc1ccccc1. The van der Waals surface area contributed by atoms with Crippen LogP contribution in [0.3, 0.4) is 0 Å². The Morgan fingerprint density at radius 1 is 1.00 bits per heavy atom. The normalized spacial score (nSPS) is 12.1. The van der Waals surface area contributed by atoms with Crippen molar-refractivity contribution >= 4 is 12.1 Å². The minimum absolute atomic E-state index is 0.00234. The van der Waals surface area contributed by atoms with Crippen molar-refractivity contribution in [3.05, 3.63) is 78.6 Å². The molecule has 1 amide bonds. The molecular formula is C17H18N2O. The standard InChI is InChI=1S/C17H18N2O/c1-15(16-8-4-2-5-9-16)19(14-20)13-12-18-17-10-6-3-7-11-17/h2-15,18H,1H3. The molecule has 0 saturated carbocycles. The molecule has 0 aliphatic carbocycles. The van der Waals surface area contributed by atoms with E-state index in [2.05, 4.69) is 5.32 Å². The van der Waals surface area contributed by atoms with Gasteiger partial charge in [0.15, 0.2) is 0 Å². The first-order valence-electron chi connectivity index (χ1n) is 6.57. The molecule has 2 rings (SSSR count). The minimum atomic E-state index is 0.00234. The molecule has 0 bridgehead atoms. The maximum atomic E-state index is 11.2. The number of nitrogens with one attached hydrogen (secondary N) is 1. The van der Waals surface area contributed by atoms with Crippen molar-refractivity contribution in [2.45, 2.75) is 13.0 Å². The lowest BCUT2D eigenvalue weighted by Crippen LogP contribution is -2.19. The first-order valence-corrected chi connectivity index (χ1v) is 6.57. The van der Waals surface area contributed by atoms with Crippen LogP contribution in [0.2, 0.25) is 0 Å². The average Bonchev–Trinajstić information content (AvgIpc) is 2.53. The molecule has 0 spiro atoms. The van der Waals surface area contributed by atoms with Gasteiger partial charge in [-0.25, -0.2) is 0 Å². The second-order valence-corrected chi connectivity index (χ2v) is 4.47. The Kier molecular flexibility index (Phi) is 4.95. The number of anilines is 1. The van der Waals surface area contributed by atoms with Gasteiger partial charge in [0.1, 0.15) is 0 Å². The second kappa shape index (κ2) is 7.14. The highest BCUT2D eigenvalue weighted by Crippen LogP contribution is 2.18. The molecule has 2 aromatic carbocycles. The predicted molar refractivity (Wildman–Crippen MR) is 82.0 cm³/mol. The van der Waals surface area contributed by atoms with E-state index >= 15 is 0 Å². The van der Waals surface area contributed by atoms with Gasteiger partial charge in [-0.15, -0.1) is 0 Å². The number of carbonyl (C=O) groups is 1. The molecule has 2 aromatic rings. The third-order valence-electron chi connectivity index (χ3n) is 3.12. The molecule has 0 heterocycles. The van der Waals surface area contributed by atoms with Crippen LogP contribution in [0.4, 0.5) is 5.69 Å². The van der Waals surface area contributed by atoms with Gasteiger partial charge < -0.3 is 10.2 Å². The largest absolute Gasteiger partial charge is 0.360 e. The van der Waals surface area contributed by atoms with Crippen LogP contribution >= 0.6 is 0 Å². The lowest BCUT2D eigenvalue weighted by Gasteiger charge is -2.21. The van der Waals surface area contributed by atoms with Crippen molar-refractivity contribution in [3.63, 3.8) is 0 Å². The number of hydrogen-bond acceptors (Lipinski definition) is 2.